The lowest BCUT2D eigenvalue weighted by Crippen LogP contribution is -2.30. The molecule has 0 radical (unpaired) electrons. The van der Waals surface area contributed by atoms with Gasteiger partial charge in [-0.15, -0.1) is 0 Å². The van der Waals surface area contributed by atoms with Crippen molar-refractivity contribution >= 4 is 23.2 Å². The molecule has 1 saturated heterocycles. The summed E-state index contributed by atoms with van der Waals surface area (Å²) in [4.78, 5) is 0. The third-order valence-electron chi connectivity index (χ3n) is 3.10. The second kappa shape index (κ2) is 5.35. The van der Waals surface area contributed by atoms with Gasteiger partial charge in [-0.25, -0.2) is 0 Å². The van der Waals surface area contributed by atoms with Crippen molar-refractivity contribution in [1.82, 2.24) is 0 Å². The zero-order valence-corrected chi connectivity index (χ0v) is 12.0. The van der Waals surface area contributed by atoms with Gasteiger partial charge in [0.05, 0.1) is 22.8 Å². The molecule has 1 fully saturated rings. The van der Waals surface area contributed by atoms with Crippen LogP contribution in [0.4, 0.5) is 0 Å². The average Bonchev–Trinajstić information content (AvgIpc) is 2.65. The molecule has 2 rings (SSSR count). The molecular weight excluding hydrogens is 273 g/mol. The number of nitrogens with two attached hydrogens (primary N) is 1. The summed E-state index contributed by atoms with van der Waals surface area (Å²) in [5.74, 6) is -0.490. The second-order valence-corrected chi connectivity index (χ2v) is 5.70. The monoisotopic (exact) mass is 289 g/mol. The molecule has 1 aliphatic heterocycles. The van der Waals surface area contributed by atoms with Crippen molar-refractivity contribution in [1.29, 1.82) is 0 Å². The molecule has 18 heavy (non-hydrogen) atoms. The number of hydrogen-bond donors (Lipinski definition) is 1. The fraction of sp³-hybridized carbons (Fsp3) is 0.538. The molecule has 100 valence electrons. The Morgan fingerprint density at radius 1 is 1.39 bits per heavy atom. The molecule has 1 heterocycles. The quantitative estimate of drug-likeness (QED) is 0.929. The summed E-state index contributed by atoms with van der Waals surface area (Å²) in [7, 11) is 0. The van der Waals surface area contributed by atoms with E-state index in [1.165, 1.54) is 0 Å². The number of halogens is 2. The van der Waals surface area contributed by atoms with E-state index in [0.717, 1.165) is 5.56 Å². The maximum atomic E-state index is 6.03. The molecule has 0 bridgehead atoms. The van der Waals surface area contributed by atoms with Gasteiger partial charge in [-0.3, -0.25) is 0 Å². The van der Waals surface area contributed by atoms with Crippen molar-refractivity contribution in [2.75, 3.05) is 13.2 Å². The molecule has 0 aliphatic carbocycles. The molecule has 1 aliphatic rings. The number of rotatable bonds is 3. The predicted octanol–water partition coefficient (Wildman–Crippen LogP) is 3.19. The zero-order valence-electron chi connectivity index (χ0n) is 10.5. The lowest BCUT2D eigenvalue weighted by atomic mass is 9.94. The standard InChI is InChI=1S/C13H17Cl2NO2/c1-13(2)17-7-12(18-13)9(6-16)8-3-4-10(14)11(15)5-8/h3-5,9,12H,6-7,16H2,1-2H3/t9-,12+/m1/s1. The van der Waals surface area contributed by atoms with Gasteiger partial charge in [0.2, 0.25) is 0 Å². The Balaban J connectivity index is 2.21. The van der Waals surface area contributed by atoms with E-state index in [-0.39, 0.29) is 12.0 Å². The molecule has 2 atom stereocenters. The van der Waals surface area contributed by atoms with Gasteiger partial charge in [0, 0.05) is 12.5 Å². The SMILES string of the molecule is CC1(C)OC[C@@H]([C@H](CN)c2ccc(Cl)c(Cl)c2)O1. The molecule has 0 unspecified atom stereocenters. The van der Waals surface area contributed by atoms with Crippen LogP contribution in [0.2, 0.25) is 10.0 Å². The molecule has 0 amide bonds. The van der Waals surface area contributed by atoms with E-state index >= 15 is 0 Å². The van der Waals surface area contributed by atoms with Crippen LogP contribution in [-0.2, 0) is 9.47 Å². The van der Waals surface area contributed by atoms with Crippen molar-refractivity contribution < 1.29 is 9.47 Å². The van der Waals surface area contributed by atoms with E-state index in [4.69, 9.17) is 38.4 Å². The van der Waals surface area contributed by atoms with E-state index in [1.807, 2.05) is 26.0 Å². The summed E-state index contributed by atoms with van der Waals surface area (Å²) < 4.78 is 11.4. The highest BCUT2D eigenvalue weighted by Crippen LogP contribution is 2.33. The number of hydrogen-bond acceptors (Lipinski definition) is 3. The third kappa shape index (κ3) is 2.98. The van der Waals surface area contributed by atoms with Crippen LogP contribution in [0.15, 0.2) is 18.2 Å². The number of ether oxygens (including phenoxy) is 2. The topological polar surface area (TPSA) is 44.5 Å². The Morgan fingerprint density at radius 3 is 2.61 bits per heavy atom. The van der Waals surface area contributed by atoms with Crippen LogP contribution >= 0.6 is 23.2 Å². The first-order chi connectivity index (χ1) is 8.43. The van der Waals surface area contributed by atoms with E-state index < -0.39 is 5.79 Å². The highest BCUT2D eigenvalue weighted by atomic mass is 35.5. The van der Waals surface area contributed by atoms with Crippen molar-refractivity contribution in [2.24, 2.45) is 5.73 Å². The summed E-state index contributed by atoms with van der Waals surface area (Å²) in [5, 5.41) is 1.07. The summed E-state index contributed by atoms with van der Waals surface area (Å²) in [6, 6.07) is 5.55. The second-order valence-electron chi connectivity index (χ2n) is 4.88. The minimum atomic E-state index is -0.547. The fourth-order valence-corrected chi connectivity index (χ4v) is 2.47. The van der Waals surface area contributed by atoms with Crippen LogP contribution in [0.1, 0.15) is 25.3 Å². The minimum absolute atomic E-state index is 0.0535. The highest BCUT2D eigenvalue weighted by Gasteiger charge is 2.37. The van der Waals surface area contributed by atoms with Gasteiger partial charge in [0.25, 0.3) is 0 Å². The first-order valence-corrected chi connectivity index (χ1v) is 6.65. The first kappa shape index (κ1) is 14.1. The molecule has 1 aromatic carbocycles. The van der Waals surface area contributed by atoms with Crippen molar-refractivity contribution in [3.63, 3.8) is 0 Å². The van der Waals surface area contributed by atoms with Crippen LogP contribution in [0.3, 0.4) is 0 Å². The Hall–Kier alpha value is -0.320. The Kier molecular flexibility index (Phi) is 4.19. The van der Waals surface area contributed by atoms with Crippen molar-refractivity contribution in [2.45, 2.75) is 31.7 Å². The largest absolute Gasteiger partial charge is 0.348 e. The van der Waals surface area contributed by atoms with Gasteiger partial charge in [-0.2, -0.15) is 0 Å². The summed E-state index contributed by atoms with van der Waals surface area (Å²) in [5.41, 5.74) is 6.88. The molecule has 2 N–H and O–H groups in total. The maximum absolute atomic E-state index is 6.03. The normalized spacial score (nSPS) is 24.2. The summed E-state index contributed by atoms with van der Waals surface area (Å²) in [6.07, 6.45) is -0.0535. The van der Waals surface area contributed by atoms with Crippen LogP contribution in [0.5, 0.6) is 0 Å². The van der Waals surface area contributed by atoms with Crippen LogP contribution in [0.25, 0.3) is 0 Å². The van der Waals surface area contributed by atoms with Gasteiger partial charge < -0.3 is 15.2 Å². The van der Waals surface area contributed by atoms with Crippen molar-refractivity contribution in [3.8, 4) is 0 Å². The molecule has 0 aromatic heterocycles. The van der Waals surface area contributed by atoms with Crippen LogP contribution in [-0.4, -0.2) is 25.0 Å². The van der Waals surface area contributed by atoms with E-state index in [1.54, 1.807) is 6.07 Å². The van der Waals surface area contributed by atoms with E-state index in [2.05, 4.69) is 0 Å². The average molecular weight is 290 g/mol. The Labute approximate surface area is 117 Å². The van der Waals surface area contributed by atoms with Gasteiger partial charge in [-0.1, -0.05) is 29.3 Å². The third-order valence-corrected chi connectivity index (χ3v) is 3.84. The Bertz CT molecular complexity index is 437. The molecule has 0 spiro atoms. The maximum Gasteiger partial charge on any atom is 0.163 e. The lowest BCUT2D eigenvalue weighted by Gasteiger charge is -2.23. The fourth-order valence-electron chi connectivity index (χ4n) is 2.16. The summed E-state index contributed by atoms with van der Waals surface area (Å²) in [6.45, 7) is 4.81. The molecule has 3 nitrogen and oxygen atoms in total. The molecular formula is C13H17Cl2NO2. The van der Waals surface area contributed by atoms with Gasteiger partial charge in [-0.05, 0) is 31.5 Å². The van der Waals surface area contributed by atoms with Crippen molar-refractivity contribution in [3.05, 3.63) is 33.8 Å². The van der Waals surface area contributed by atoms with Gasteiger partial charge in [0.15, 0.2) is 5.79 Å². The van der Waals surface area contributed by atoms with E-state index in [9.17, 15) is 0 Å². The molecule has 1 aromatic rings. The number of benzene rings is 1. The van der Waals surface area contributed by atoms with Gasteiger partial charge >= 0.3 is 0 Å². The highest BCUT2D eigenvalue weighted by molar-refractivity contribution is 6.42. The lowest BCUT2D eigenvalue weighted by molar-refractivity contribution is -0.140. The molecule has 0 saturated carbocycles. The first-order valence-electron chi connectivity index (χ1n) is 5.90. The minimum Gasteiger partial charge on any atom is -0.348 e. The van der Waals surface area contributed by atoms with Gasteiger partial charge in [0.1, 0.15) is 0 Å². The molecule has 5 heteroatoms. The summed E-state index contributed by atoms with van der Waals surface area (Å²) >= 11 is 11.9. The van der Waals surface area contributed by atoms with Crippen LogP contribution < -0.4 is 5.73 Å². The zero-order chi connectivity index (χ0) is 13.3. The van der Waals surface area contributed by atoms with E-state index in [0.29, 0.717) is 23.2 Å². The van der Waals surface area contributed by atoms with Crippen LogP contribution in [0, 0.1) is 0 Å². The predicted molar refractivity (Wildman–Crippen MR) is 73.2 cm³/mol. The smallest absolute Gasteiger partial charge is 0.163 e. The Morgan fingerprint density at radius 2 is 2.11 bits per heavy atom.